The molecule has 0 spiro atoms. The van der Waals surface area contributed by atoms with E-state index in [9.17, 15) is 0 Å². The van der Waals surface area contributed by atoms with E-state index in [2.05, 4.69) is 55.5 Å². The third-order valence-corrected chi connectivity index (χ3v) is 5.82. The maximum Gasteiger partial charge on any atom is 0.00781 e. The van der Waals surface area contributed by atoms with Gasteiger partial charge in [0.2, 0.25) is 0 Å². The van der Waals surface area contributed by atoms with E-state index < -0.39 is 0 Å². The van der Waals surface area contributed by atoms with E-state index >= 15 is 0 Å². The molecule has 2 saturated carbocycles. The van der Waals surface area contributed by atoms with Gasteiger partial charge in [-0.25, -0.2) is 0 Å². The molecule has 0 aliphatic heterocycles. The molecular weight excluding hydrogens is 216 g/mol. The van der Waals surface area contributed by atoms with Gasteiger partial charge in [-0.2, -0.15) is 0 Å². The summed E-state index contributed by atoms with van der Waals surface area (Å²) in [6.45, 7) is 2.47. The zero-order chi connectivity index (χ0) is 12.2. The highest BCUT2D eigenvalue weighted by molar-refractivity contribution is 5.67. The highest BCUT2D eigenvalue weighted by Gasteiger charge is 2.75. The molecule has 0 bridgehead atoms. The Morgan fingerprint density at radius 2 is 1.89 bits per heavy atom. The van der Waals surface area contributed by atoms with Crippen LogP contribution in [0.25, 0.3) is 6.08 Å². The topological polar surface area (TPSA) is 0 Å². The lowest BCUT2D eigenvalue weighted by Crippen LogP contribution is -2.14. The maximum atomic E-state index is 2.49. The zero-order valence-electron chi connectivity index (χ0n) is 11.0. The molecule has 3 aliphatic rings. The summed E-state index contributed by atoms with van der Waals surface area (Å²) in [5.74, 6) is 0.873. The van der Waals surface area contributed by atoms with E-state index in [-0.39, 0.29) is 0 Å². The van der Waals surface area contributed by atoms with E-state index in [0.717, 1.165) is 5.92 Å². The first kappa shape index (κ1) is 10.6. The predicted octanol–water partition coefficient (Wildman–Crippen LogP) is 4.84. The standard InChI is InChI=1S/C18H20/c1-14-9-12-17-10-5-6-11-18(14,17)16(17)13-15-7-3-2-4-8-15/h2-8,13-14H,9-12H2,1H3/b16-13-/t14-,17+,18-/m0/s1. The van der Waals surface area contributed by atoms with Gasteiger partial charge in [-0.1, -0.05) is 61.1 Å². The second-order valence-electron chi connectivity index (χ2n) is 6.34. The van der Waals surface area contributed by atoms with Crippen molar-refractivity contribution in [1.82, 2.24) is 0 Å². The first-order chi connectivity index (χ1) is 8.80. The quantitative estimate of drug-likeness (QED) is 0.612. The van der Waals surface area contributed by atoms with Crippen molar-refractivity contribution in [3.8, 4) is 0 Å². The molecular formula is C18H20. The Balaban J connectivity index is 1.79. The van der Waals surface area contributed by atoms with Crippen molar-refractivity contribution in [3.05, 3.63) is 53.6 Å². The molecule has 0 aromatic heterocycles. The van der Waals surface area contributed by atoms with Crippen LogP contribution in [0.3, 0.4) is 0 Å². The average molecular weight is 236 g/mol. The largest absolute Gasteiger partial charge is 0.0876 e. The lowest BCUT2D eigenvalue weighted by atomic mass is 9.82. The summed E-state index contributed by atoms with van der Waals surface area (Å²) in [6.07, 6.45) is 12.7. The SMILES string of the molecule is C[C@H]1CC[C@@]23CC=CC[C@@]12/C3=C\c1ccccc1. The molecule has 3 aliphatic carbocycles. The van der Waals surface area contributed by atoms with Crippen LogP contribution in [-0.4, -0.2) is 0 Å². The zero-order valence-corrected chi connectivity index (χ0v) is 11.0. The van der Waals surface area contributed by atoms with Crippen molar-refractivity contribution < 1.29 is 0 Å². The second-order valence-corrected chi connectivity index (χ2v) is 6.34. The minimum atomic E-state index is 0.539. The second kappa shape index (κ2) is 3.38. The Kier molecular flexibility index (Phi) is 1.99. The Bertz CT molecular complexity index is 536. The van der Waals surface area contributed by atoms with E-state index in [1.807, 2.05) is 0 Å². The summed E-state index contributed by atoms with van der Waals surface area (Å²) in [5, 5.41) is 0. The third kappa shape index (κ3) is 1.07. The minimum Gasteiger partial charge on any atom is -0.0876 e. The van der Waals surface area contributed by atoms with Crippen LogP contribution in [0.1, 0.15) is 38.2 Å². The molecule has 18 heavy (non-hydrogen) atoms. The van der Waals surface area contributed by atoms with E-state index in [1.165, 1.54) is 31.2 Å². The molecule has 1 aromatic rings. The summed E-state index contributed by atoms with van der Waals surface area (Å²) in [7, 11) is 0. The van der Waals surface area contributed by atoms with Crippen LogP contribution >= 0.6 is 0 Å². The first-order valence-corrected chi connectivity index (χ1v) is 7.22. The molecule has 0 N–H and O–H groups in total. The van der Waals surface area contributed by atoms with Gasteiger partial charge in [0, 0.05) is 10.8 Å². The molecule has 0 radical (unpaired) electrons. The Labute approximate surface area is 109 Å². The van der Waals surface area contributed by atoms with Gasteiger partial charge in [-0.05, 0) is 37.2 Å². The van der Waals surface area contributed by atoms with Gasteiger partial charge >= 0.3 is 0 Å². The molecule has 4 rings (SSSR count). The van der Waals surface area contributed by atoms with Crippen LogP contribution in [-0.2, 0) is 0 Å². The Hall–Kier alpha value is -1.30. The predicted molar refractivity (Wildman–Crippen MR) is 76.1 cm³/mol. The van der Waals surface area contributed by atoms with Gasteiger partial charge in [0.15, 0.2) is 0 Å². The normalized spacial score (nSPS) is 42.7. The van der Waals surface area contributed by atoms with Gasteiger partial charge in [0.1, 0.15) is 0 Å². The average Bonchev–Trinajstić information content (AvgIpc) is 2.87. The highest BCUT2D eigenvalue weighted by atomic mass is 14.8. The van der Waals surface area contributed by atoms with Crippen LogP contribution in [0, 0.1) is 16.7 Å². The van der Waals surface area contributed by atoms with Crippen LogP contribution in [0.15, 0.2) is 48.1 Å². The highest BCUT2D eigenvalue weighted by Crippen LogP contribution is 2.84. The lowest BCUT2D eigenvalue weighted by molar-refractivity contribution is 0.315. The summed E-state index contributed by atoms with van der Waals surface area (Å²) in [5.41, 5.74) is 4.23. The van der Waals surface area contributed by atoms with Crippen molar-refractivity contribution in [1.29, 1.82) is 0 Å². The molecule has 2 fully saturated rings. The van der Waals surface area contributed by atoms with Crippen molar-refractivity contribution in [2.75, 3.05) is 0 Å². The molecule has 0 heterocycles. The molecule has 0 saturated heterocycles. The fourth-order valence-electron chi connectivity index (χ4n) is 4.87. The maximum absolute atomic E-state index is 2.49. The summed E-state index contributed by atoms with van der Waals surface area (Å²) in [4.78, 5) is 0. The number of hydrogen-bond acceptors (Lipinski definition) is 0. The van der Waals surface area contributed by atoms with E-state index in [1.54, 1.807) is 5.57 Å². The Morgan fingerprint density at radius 3 is 2.67 bits per heavy atom. The molecule has 0 amide bonds. The van der Waals surface area contributed by atoms with Gasteiger partial charge < -0.3 is 0 Å². The summed E-state index contributed by atoms with van der Waals surface area (Å²) >= 11 is 0. The lowest BCUT2D eigenvalue weighted by Gasteiger charge is -2.22. The number of hydrogen-bond donors (Lipinski definition) is 0. The van der Waals surface area contributed by atoms with Crippen molar-refractivity contribution in [3.63, 3.8) is 0 Å². The van der Waals surface area contributed by atoms with Crippen molar-refractivity contribution in [2.45, 2.75) is 32.6 Å². The van der Waals surface area contributed by atoms with Crippen LogP contribution in [0.4, 0.5) is 0 Å². The molecule has 3 atom stereocenters. The van der Waals surface area contributed by atoms with Crippen molar-refractivity contribution >= 4 is 6.08 Å². The Morgan fingerprint density at radius 1 is 1.11 bits per heavy atom. The smallest absolute Gasteiger partial charge is 0.00781 e. The molecule has 1 aromatic carbocycles. The fourth-order valence-corrected chi connectivity index (χ4v) is 4.87. The van der Waals surface area contributed by atoms with E-state index in [4.69, 9.17) is 0 Å². The van der Waals surface area contributed by atoms with Crippen LogP contribution < -0.4 is 0 Å². The van der Waals surface area contributed by atoms with Gasteiger partial charge in [-0.15, -0.1) is 0 Å². The third-order valence-electron chi connectivity index (χ3n) is 5.82. The minimum absolute atomic E-state index is 0.539. The number of benzene rings is 1. The number of allylic oxidation sites excluding steroid dienone is 3. The van der Waals surface area contributed by atoms with Crippen LogP contribution in [0.5, 0.6) is 0 Å². The molecule has 92 valence electrons. The molecule has 0 unspecified atom stereocenters. The van der Waals surface area contributed by atoms with Gasteiger partial charge in [-0.3, -0.25) is 0 Å². The molecule has 0 nitrogen and oxygen atoms in total. The first-order valence-electron chi connectivity index (χ1n) is 7.22. The molecule has 0 heteroatoms. The van der Waals surface area contributed by atoms with Gasteiger partial charge in [0.05, 0.1) is 0 Å². The number of rotatable bonds is 1. The monoisotopic (exact) mass is 236 g/mol. The van der Waals surface area contributed by atoms with Gasteiger partial charge in [0.25, 0.3) is 0 Å². The van der Waals surface area contributed by atoms with Crippen molar-refractivity contribution in [2.24, 2.45) is 16.7 Å². The summed E-state index contributed by atoms with van der Waals surface area (Å²) in [6, 6.07) is 10.9. The summed E-state index contributed by atoms with van der Waals surface area (Å²) < 4.78 is 0. The van der Waals surface area contributed by atoms with Crippen LogP contribution in [0.2, 0.25) is 0 Å². The van der Waals surface area contributed by atoms with E-state index in [0.29, 0.717) is 10.8 Å². The fraction of sp³-hybridized carbons (Fsp3) is 0.444.